The van der Waals surface area contributed by atoms with Gasteiger partial charge in [0.2, 0.25) is 5.91 Å². The van der Waals surface area contributed by atoms with Crippen LogP contribution in [-0.4, -0.2) is 29.6 Å². The van der Waals surface area contributed by atoms with E-state index in [0.717, 1.165) is 10.6 Å². The second kappa shape index (κ2) is 15.0. The standard InChI is InChI=1S/C33H29ClFN3O4S/c1-3-42-25-17-15-23(16-18-25)36-31(39)21(2)43-26-12-7-11-24(19-26)37-33(41)30(20-27-28(34)13-8-14-29(27)35)38-32(40)22-9-5-4-6-10-22/h4-21H,3H2,1-2H3,(H,36,39)(H,37,41)(H,38,40)/b30-20+. The third kappa shape index (κ3) is 8.94. The molecule has 3 N–H and O–H groups in total. The molecule has 0 fully saturated rings. The summed E-state index contributed by atoms with van der Waals surface area (Å²) in [7, 11) is 0. The van der Waals surface area contributed by atoms with Gasteiger partial charge in [0, 0.05) is 27.4 Å². The number of halogens is 2. The van der Waals surface area contributed by atoms with Crippen LogP contribution in [0.15, 0.2) is 108 Å². The summed E-state index contributed by atoms with van der Waals surface area (Å²) >= 11 is 7.49. The van der Waals surface area contributed by atoms with E-state index in [-0.39, 0.29) is 22.2 Å². The molecule has 1 atom stereocenters. The van der Waals surface area contributed by atoms with Crippen LogP contribution in [0.5, 0.6) is 5.75 Å². The number of benzene rings is 4. The predicted octanol–water partition coefficient (Wildman–Crippen LogP) is 7.41. The monoisotopic (exact) mass is 617 g/mol. The summed E-state index contributed by atoms with van der Waals surface area (Å²) < 4.78 is 20.0. The number of rotatable bonds is 11. The summed E-state index contributed by atoms with van der Waals surface area (Å²) in [6, 6.07) is 26.5. The average molecular weight is 618 g/mol. The van der Waals surface area contributed by atoms with Crippen molar-refractivity contribution < 1.29 is 23.5 Å². The largest absolute Gasteiger partial charge is 0.494 e. The van der Waals surface area contributed by atoms with E-state index in [2.05, 4.69) is 16.0 Å². The van der Waals surface area contributed by atoms with E-state index >= 15 is 0 Å². The Labute approximate surface area is 258 Å². The number of hydrogen-bond acceptors (Lipinski definition) is 5. The van der Waals surface area contributed by atoms with Crippen LogP contribution in [0, 0.1) is 5.82 Å². The molecule has 0 saturated heterocycles. The number of hydrogen-bond donors (Lipinski definition) is 3. The van der Waals surface area contributed by atoms with Gasteiger partial charge in [0.25, 0.3) is 11.8 Å². The van der Waals surface area contributed by atoms with E-state index in [4.69, 9.17) is 16.3 Å². The van der Waals surface area contributed by atoms with Crippen LogP contribution in [-0.2, 0) is 9.59 Å². The van der Waals surface area contributed by atoms with Crippen LogP contribution in [0.1, 0.15) is 29.8 Å². The second-order valence-electron chi connectivity index (χ2n) is 9.20. The zero-order valence-electron chi connectivity index (χ0n) is 23.4. The summed E-state index contributed by atoms with van der Waals surface area (Å²) in [6.45, 7) is 4.23. The van der Waals surface area contributed by atoms with Gasteiger partial charge >= 0.3 is 0 Å². The number of carbonyl (C=O) groups is 3. The molecule has 0 bridgehead atoms. The van der Waals surface area contributed by atoms with Crippen molar-refractivity contribution in [3.63, 3.8) is 0 Å². The van der Waals surface area contributed by atoms with Gasteiger partial charge in [-0.2, -0.15) is 0 Å². The Hall–Kier alpha value is -4.60. The van der Waals surface area contributed by atoms with Crippen LogP contribution >= 0.6 is 23.4 Å². The van der Waals surface area contributed by atoms with Crippen LogP contribution in [0.4, 0.5) is 15.8 Å². The minimum atomic E-state index is -0.688. The van der Waals surface area contributed by atoms with Crippen molar-refractivity contribution in [2.75, 3.05) is 17.2 Å². The van der Waals surface area contributed by atoms with Gasteiger partial charge < -0.3 is 20.7 Å². The maximum atomic E-state index is 14.6. The van der Waals surface area contributed by atoms with E-state index in [1.165, 1.54) is 36.0 Å². The Morgan fingerprint density at radius 3 is 2.33 bits per heavy atom. The van der Waals surface area contributed by atoms with Crippen LogP contribution in [0.3, 0.4) is 0 Å². The topological polar surface area (TPSA) is 96.5 Å². The molecule has 0 heterocycles. The summed E-state index contributed by atoms with van der Waals surface area (Å²) in [5.74, 6) is -1.36. The number of ether oxygens (including phenoxy) is 1. The molecule has 0 radical (unpaired) electrons. The quantitative estimate of drug-likeness (QED) is 0.120. The summed E-state index contributed by atoms with van der Waals surface area (Å²) in [4.78, 5) is 39.8. The van der Waals surface area contributed by atoms with E-state index in [9.17, 15) is 18.8 Å². The zero-order valence-corrected chi connectivity index (χ0v) is 25.0. The van der Waals surface area contributed by atoms with Crippen molar-refractivity contribution in [3.05, 3.63) is 125 Å². The number of amides is 3. The van der Waals surface area contributed by atoms with Gasteiger partial charge in [-0.1, -0.05) is 41.9 Å². The van der Waals surface area contributed by atoms with Gasteiger partial charge in [-0.05, 0) is 86.7 Å². The maximum absolute atomic E-state index is 14.6. The molecule has 4 aromatic carbocycles. The molecule has 0 saturated carbocycles. The lowest BCUT2D eigenvalue weighted by molar-refractivity contribution is -0.115. The molecule has 4 aromatic rings. The number of nitrogens with one attached hydrogen (secondary N) is 3. The second-order valence-corrected chi connectivity index (χ2v) is 11.0. The van der Waals surface area contributed by atoms with Gasteiger partial charge in [-0.25, -0.2) is 4.39 Å². The Kier molecular flexibility index (Phi) is 11.0. The van der Waals surface area contributed by atoms with Crippen molar-refractivity contribution in [2.24, 2.45) is 0 Å². The molecule has 0 spiro atoms. The fourth-order valence-corrected chi connectivity index (χ4v) is 5.03. The van der Waals surface area contributed by atoms with Gasteiger partial charge in [-0.15, -0.1) is 11.8 Å². The summed E-state index contributed by atoms with van der Waals surface area (Å²) in [5, 5.41) is 7.82. The molecule has 3 amide bonds. The Morgan fingerprint density at radius 1 is 0.907 bits per heavy atom. The maximum Gasteiger partial charge on any atom is 0.272 e. The third-order valence-corrected chi connectivity index (χ3v) is 7.45. The van der Waals surface area contributed by atoms with Crippen LogP contribution in [0.2, 0.25) is 5.02 Å². The van der Waals surface area contributed by atoms with Crippen molar-refractivity contribution in [2.45, 2.75) is 24.0 Å². The fourth-order valence-electron chi connectivity index (χ4n) is 3.88. The van der Waals surface area contributed by atoms with E-state index < -0.39 is 22.9 Å². The summed E-state index contributed by atoms with van der Waals surface area (Å²) in [6.07, 6.45) is 1.19. The van der Waals surface area contributed by atoms with E-state index in [0.29, 0.717) is 23.5 Å². The first kappa shape index (κ1) is 31.3. The van der Waals surface area contributed by atoms with Crippen molar-refractivity contribution >= 4 is 58.5 Å². The SMILES string of the molecule is CCOc1ccc(NC(=O)C(C)Sc2cccc(NC(=O)/C(=C\c3c(F)cccc3Cl)NC(=O)c3ccccc3)c2)cc1. The van der Waals surface area contributed by atoms with Crippen LogP contribution in [0.25, 0.3) is 6.08 Å². The van der Waals surface area contributed by atoms with E-state index in [1.807, 2.05) is 13.0 Å². The first-order valence-electron chi connectivity index (χ1n) is 13.4. The normalized spacial score (nSPS) is 11.8. The van der Waals surface area contributed by atoms with Crippen molar-refractivity contribution in [1.82, 2.24) is 5.32 Å². The number of thioether (sulfide) groups is 1. The fraction of sp³-hybridized carbons (Fsp3) is 0.121. The lowest BCUT2D eigenvalue weighted by atomic mass is 10.1. The highest BCUT2D eigenvalue weighted by atomic mass is 35.5. The van der Waals surface area contributed by atoms with Crippen molar-refractivity contribution in [3.8, 4) is 5.75 Å². The minimum absolute atomic E-state index is 0.0423. The predicted molar refractivity (Wildman–Crippen MR) is 170 cm³/mol. The Morgan fingerprint density at radius 2 is 1.63 bits per heavy atom. The molecule has 0 aliphatic carbocycles. The first-order chi connectivity index (χ1) is 20.7. The van der Waals surface area contributed by atoms with Gasteiger partial charge in [0.1, 0.15) is 17.3 Å². The molecule has 0 aromatic heterocycles. The number of anilines is 2. The molecule has 220 valence electrons. The van der Waals surface area contributed by atoms with Crippen molar-refractivity contribution in [1.29, 1.82) is 0 Å². The van der Waals surface area contributed by atoms with Crippen LogP contribution < -0.4 is 20.7 Å². The zero-order chi connectivity index (χ0) is 30.8. The van der Waals surface area contributed by atoms with Gasteiger partial charge in [-0.3, -0.25) is 14.4 Å². The molecule has 7 nitrogen and oxygen atoms in total. The molecule has 4 rings (SSSR count). The smallest absolute Gasteiger partial charge is 0.272 e. The average Bonchev–Trinajstić information content (AvgIpc) is 3.00. The molecule has 0 aliphatic rings. The molecule has 0 aliphatic heterocycles. The lowest BCUT2D eigenvalue weighted by Gasteiger charge is -2.14. The lowest BCUT2D eigenvalue weighted by Crippen LogP contribution is -2.30. The van der Waals surface area contributed by atoms with E-state index in [1.54, 1.807) is 79.7 Å². The minimum Gasteiger partial charge on any atom is -0.494 e. The highest BCUT2D eigenvalue weighted by Gasteiger charge is 2.18. The molecule has 43 heavy (non-hydrogen) atoms. The third-order valence-electron chi connectivity index (χ3n) is 6.02. The van der Waals surface area contributed by atoms with Gasteiger partial charge in [0.15, 0.2) is 0 Å². The summed E-state index contributed by atoms with van der Waals surface area (Å²) in [5.41, 5.74) is 1.13. The molecule has 10 heteroatoms. The Bertz CT molecular complexity index is 1610. The highest BCUT2D eigenvalue weighted by molar-refractivity contribution is 8.00. The number of carbonyl (C=O) groups excluding carboxylic acids is 3. The highest BCUT2D eigenvalue weighted by Crippen LogP contribution is 2.28. The first-order valence-corrected chi connectivity index (χ1v) is 14.6. The molecule has 1 unspecified atom stereocenters. The molecular weight excluding hydrogens is 589 g/mol. The van der Waals surface area contributed by atoms with Gasteiger partial charge in [0.05, 0.1) is 16.9 Å². The molecular formula is C33H29ClFN3O4S. The Balaban J connectivity index is 1.48.